The second-order valence-electron chi connectivity index (χ2n) is 4.08. The van der Waals surface area contributed by atoms with Crippen LogP contribution in [0.2, 0.25) is 0 Å². The molecule has 0 aromatic heterocycles. The van der Waals surface area contributed by atoms with Crippen LogP contribution in [0.1, 0.15) is 21.5 Å². The lowest BCUT2D eigenvalue weighted by Gasteiger charge is -2.01. The summed E-state index contributed by atoms with van der Waals surface area (Å²) in [6.07, 6.45) is 3.28. The highest BCUT2D eigenvalue weighted by Crippen LogP contribution is 2.20. The van der Waals surface area contributed by atoms with Crippen LogP contribution < -0.4 is 0 Å². The predicted octanol–water partition coefficient (Wildman–Crippen LogP) is 3.46. The molecule has 5 nitrogen and oxygen atoms in total. The van der Waals surface area contributed by atoms with Crippen LogP contribution >= 0.6 is 0 Å². The zero-order valence-electron chi connectivity index (χ0n) is 10.4. The number of carboxylic acids is 1. The second-order valence-corrected chi connectivity index (χ2v) is 4.08. The maximum atomic E-state index is 11.1. The molecule has 0 bridgehead atoms. The highest BCUT2D eigenvalue weighted by atomic mass is 16.6. The fraction of sp³-hybridized carbons (Fsp3) is 0. The lowest BCUT2D eigenvalue weighted by molar-refractivity contribution is -0.384. The zero-order valence-corrected chi connectivity index (χ0v) is 10.4. The van der Waals surface area contributed by atoms with Crippen LogP contribution in [0.5, 0.6) is 0 Å². The van der Waals surface area contributed by atoms with Crippen LogP contribution in [-0.4, -0.2) is 16.0 Å². The molecule has 0 aliphatic carbocycles. The summed E-state index contributed by atoms with van der Waals surface area (Å²) in [6.45, 7) is 0. The maximum Gasteiger partial charge on any atom is 0.336 e. The molecule has 1 N–H and O–H groups in total. The van der Waals surface area contributed by atoms with Crippen molar-refractivity contribution in [2.24, 2.45) is 0 Å². The number of hydrogen-bond acceptors (Lipinski definition) is 3. The Morgan fingerprint density at radius 3 is 2.40 bits per heavy atom. The number of benzene rings is 2. The summed E-state index contributed by atoms with van der Waals surface area (Å²) < 4.78 is 0. The van der Waals surface area contributed by atoms with E-state index in [1.807, 2.05) is 30.3 Å². The Balaban J connectivity index is 2.43. The number of non-ortho nitro benzene ring substituents is 1. The Morgan fingerprint density at radius 2 is 1.80 bits per heavy atom. The molecule has 0 amide bonds. The minimum absolute atomic E-state index is 0.0304. The molecule has 2 rings (SSSR count). The number of carboxylic acid groups (broad SMARTS) is 1. The van der Waals surface area contributed by atoms with E-state index in [0.29, 0.717) is 5.56 Å². The molecule has 0 saturated heterocycles. The zero-order chi connectivity index (χ0) is 14.5. The summed E-state index contributed by atoms with van der Waals surface area (Å²) in [5, 5.41) is 19.8. The summed E-state index contributed by atoms with van der Waals surface area (Å²) in [5.41, 5.74) is 1.08. The highest BCUT2D eigenvalue weighted by Gasteiger charge is 2.13. The molecule has 0 aliphatic rings. The molecule has 0 saturated carbocycles. The summed E-state index contributed by atoms with van der Waals surface area (Å²) in [5.74, 6) is -1.12. The van der Waals surface area contributed by atoms with Crippen molar-refractivity contribution < 1.29 is 14.8 Å². The summed E-state index contributed by atoms with van der Waals surface area (Å²) in [7, 11) is 0. The minimum Gasteiger partial charge on any atom is -0.478 e. The Kier molecular flexibility index (Phi) is 3.91. The number of aromatic carboxylic acids is 1. The Bertz CT molecular complexity index is 678. The molecule has 20 heavy (non-hydrogen) atoms. The van der Waals surface area contributed by atoms with Crippen LogP contribution in [0.25, 0.3) is 12.2 Å². The molecule has 0 fully saturated rings. The van der Waals surface area contributed by atoms with Crippen molar-refractivity contribution in [1.82, 2.24) is 0 Å². The molecule has 0 unspecified atom stereocenters. The van der Waals surface area contributed by atoms with Gasteiger partial charge in [0.05, 0.1) is 10.5 Å². The van der Waals surface area contributed by atoms with Crippen molar-refractivity contribution in [3.8, 4) is 0 Å². The van der Waals surface area contributed by atoms with Gasteiger partial charge in [-0.3, -0.25) is 10.1 Å². The molecular weight excluding hydrogens is 258 g/mol. The van der Waals surface area contributed by atoms with Gasteiger partial charge in [-0.1, -0.05) is 42.5 Å². The Labute approximate surface area is 115 Å². The van der Waals surface area contributed by atoms with E-state index in [-0.39, 0.29) is 11.3 Å². The second kappa shape index (κ2) is 5.79. The Morgan fingerprint density at radius 1 is 1.10 bits per heavy atom. The smallest absolute Gasteiger partial charge is 0.336 e. The van der Waals surface area contributed by atoms with Crippen LogP contribution in [0.15, 0.2) is 48.5 Å². The van der Waals surface area contributed by atoms with E-state index in [2.05, 4.69) is 0 Å². The first kappa shape index (κ1) is 13.5. The molecule has 0 spiro atoms. The number of nitro benzene ring substituents is 1. The number of nitro groups is 1. The number of carbonyl (C=O) groups is 1. The first-order valence-corrected chi connectivity index (χ1v) is 5.83. The lowest BCUT2D eigenvalue weighted by atomic mass is 10.0. The fourth-order valence-corrected chi connectivity index (χ4v) is 1.75. The third-order valence-corrected chi connectivity index (χ3v) is 2.73. The van der Waals surface area contributed by atoms with Crippen LogP contribution in [-0.2, 0) is 0 Å². The van der Waals surface area contributed by atoms with Crippen LogP contribution in [0.4, 0.5) is 5.69 Å². The van der Waals surface area contributed by atoms with E-state index in [4.69, 9.17) is 5.11 Å². The average Bonchev–Trinajstić information content (AvgIpc) is 2.45. The van der Waals surface area contributed by atoms with E-state index in [0.717, 1.165) is 5.56 Å². The monoisotopic (exact) mass is 269 g/mol. The van der Waals surface area contributed by atoms with Crippen molar-refractivity contribution in [2.75, 3.05) is 0 Å². The van der Waals surface area contributed by atoms with E-state index < -0.39 is 10.9 Å². The number of rotatable bonds is 4. The standard InChI is InChI=1S/C15H11NO4/c17-15(18)14-9-8-13(16(19)20)10-12(14)7-6-11-4-2-1-3-5-11/h1-10H,(H,17,18). The SMILES string of the molecule is O=C(O)c1ccc([N+](=O)[O-])cc1C=Cc1ccccc1. The van der Waals surface area contributed by atoms with Crippen molar-refractivity contribution in [1.29, 1.82) is 0 Å². The van der Waals surface area contributed by atoms with Crippen molar-refractivity contribution >= 4 is 23.8 Å². The van der Waals surface area contributed by atoms with Gasteiger partial charge in [0.15, 0.2) is 0 Å². The normalized spacial score (nSPS) is 10.6. The molecule has 0 radical (unpaired) electrons. The maximum absolute atomic E-state index is 11.1. The number of hydrogen-bond donors (Lipinski definition) is 1. The molecule has 0 aliphatic heterocycles. The van der Waals surface area contributed by atoms with E-state index >= 15 is 0 Å². The van der Waals surface area contributed by atoms with Crippen molar-refractivity contribution in [2.45, 2.75) is 0 Å². The van der Waals surface area contributed by atoms with E-state index in [1.165, 1.54) is 18.2 Å². The van der Waals surface area contributed by atoms with Gasteiger partial charge in [-0.2, -0.15) is 0 Å². The van der Waals surface area contributed by atoms with Gasteiger partial charge in [0.1, 0.15) is 0 Å². The van der Waals surface area contributed by atoms with Crippen LogP contribution in [0, 0.1) is 10.1 Å². The molecule has 2 aromatic carbocycles. The lowest BCUT2D eigenvalue weighted by Crippen LogP contribution is -2.00. The van der Waals surface area contributed by atoms with Crippen LogP contribution in [0.3, 0.4) is 0 Å². The van der Waals surface area contributed by atoms with Gasteiger partial charge in [0.25, 0.3) is 5.69 Å². The summed E-state index contributed by atoms with van der Waals surface area (Å²) in [6, 6.07) is 13.0. The van der Waals surface area contributed by atoms with Crippen molar-refractivity contribution in [3.63, 3.8) is 0 Å². The van der Waals surface area contributed by atoms with E-state index in [9.17, 15) is 14.9 Å². The molecule has 0 atom stereocenters. The number of nitrogens with zero attached hydrogens (tertiary/aromatic N) is 1. The van der Waals surface area contributed by atoms with Gasteiger partial charge in [-0.25, -0.2) is 4.79 Å². The topological polar surface area (TPSA) is 80.4 Å². The molecule has 2 aromatic rings. The highest BCUT2D eigenvalue weighted by molar-refractivity contribution is 5.94. The quantitative estimate of drug-likeness (QED) is 0.523. The molecular formula is C15H11NO4. The fourth-order valence-electron chi connectivity index (χ4n) is 1.75. The first-order chi connectivity index (χ1) is 9.58. The molecule has 100 valence electrons. The first-order valence-electron chi connectivity index (χ1n) is 5.83. The largest absolute Gasteiger partial charge is 0.478 e. The summed E-state index contributed by atoms with van der Waals surface area (Å²) in [4.78, 5) is 21.3. The van der Waals surface area contributed by atoms with Gasteiger partial charge < -0.3 is 5.11 Å². The molecule has 0 heterocycles. The van der Waals surface area contributed by atoms with Gasteiger partial charge in [0.2, 0.25) is 0 Å². The van der Waals surface area contributed by atoms with E-state index in [1.54, 1.807) is 12.2 Å². The molecule has 5 heteroatoms. The van der Waals surface area contributed by atoms with Gasteiger partial charge in [-0.05, 0) is 17.2 Å². The van der Waals surface area contributed by atoms with Gasteiger partial charge in [-0.15, -0.1) is 0 Å². The van der Waals surface area contributed by atoms with Gasteiger partial charge in [0, 0.05) is 12.1 Å². The van der Waals surface area contributed by atoms with Crippen molar-refractivity contribution in [3.05, 3.63) is 75.3 Å². The van der Waals surface area contributed by atoms with Gasteiger partial charge >= 0.3 is 5.97 Å². The Hall–Kier alpha value is -2.95. The third kappa shape index (κ3) is 3.08. The minimum atomic E-state index is -1.12. The predicted molar refractivity (Wildman–Crippen MR) is 75.4 cm³/mol. The third-order valence-electron chi connectivity index (χ3n) is 2.73. The average molecular weight is 269 g/mol. The summed E-state index contributed by atoms with van der Waals surface area (Å²) >= 11 is 0.